The Morgan fingerprint density at radius 1 is 1.47 bits per heavy atom. The van der Waals surface area contributed by atoms with Crippen molar-refractivity contribution in [1.82, 2.24) is 10.6 Å². The molecule has 0 radical (unpaired) electrons. The number of hydrogen-bond donors (Lipinski definition) is 2. The molecule has 15 heavy (non-hydrogen) atoms. The summed E-state index contributed by atoms with van der Waals surface area (Å²) in [6, 6.07) is 0. The fourth-order valence-corrected chi connectivity index (χ4v) is 3.44. The van der Waals surface area contributed by atoms with Gasteiger partial charge in [0.2, 0.25) is 5.91 Å². The molecule has 1 amide bonds. The van der Waals surface area contributed by atoms with Crippen LogP contribution in [0.5, 0.6) is 0 Å². The van der Waals surface area contributed by atoms with Gasteiger partial charge in [0.15, 0.2) is 0 Å². The minimum atomic E-state index is 0.242. The van der Waals surface area contributed by atoms with Crippen molar-refractivity contribution >= 4 is 17.7 Å². The highest BCUT2D eigenvalue weighted by molar-refractivity contribution is 8.00. The minimum absolute atomic E-state index is 0.242. The molecule has 0 saturated carbocycles. The van der Waals surface area contributed by atoms with Crippen LogP contribution in [-0.4, -0.2) is 36.5 Å². The van der Waals surface area contributed by atoms with Crippen molar-refractivity contribution in [2.45, 2.75) is 30.9 Å². The molecule has 2 N–H and O–H groups in total. The van der Waals surface area contributed by atoms with Crippen LogP contribution in [0.4, 0.5) is 0 Å². The number of thioether (sulfide) groups is 1. The summed E-state index contributed by atoms with van der Waals surface area (Å²) in [7, 11) is 0. The summed E-state index contributed by atoms with van der Waals surface area (Å²) in [4.78, 5) is 11.7. The maximum absolute atomic E-state index is 11.7. The first-order valence-electron chi connectivity index (χ1n) is 5.96. The summed E-state index contributed by atoms with van der Waals surface area (Å²) in [6.45, 7) is 3.15. The summed E-state index contributed by atoms with van der Waals surface area (Å²) in [6.07, 6.45) is 4.68. The van der Waals surface area contributed by atoms with Gasteiger partial charge >= 0.3 is 0 Å². The molecule has 3 nitrogen and oxygen atoms in total. The third-order valence-electron chi connectivity index (χ3n) is 3.24. The molecule has 2 fully saturated rings. The Morgan fingerprint density at radius 3 is 3.07 bits per heavy atom. The van der Waals surface area contributed by atoms with Crippen LogP contribution < -0.4 is 10.6 Å². The maximum Gasteiger partial charge on any atom is 0.233 e. The van der Waals surface area contributed by atoms with Crippen LogP contribution >= 0.6 is 11.8 Å². The van der Waals surface area contributed by atoms with Crippen molar-refractivity contribution in [2.75, 3.05) is 25.4 Å². The third-order valence-corrected chi connectivity index (χ3v) is 4.61. The molecular weight excluding hydrogens is 208 g/mol. The Hall–Kier alpha value is -0.220. The van der Waals surface area contributed by atoms with Gasteiger partial charge in [-0.1, -0.05) is 0 Å². The van der Waals surface area contributed by atoms with E-state index in [4.69, 9.17) is 0 Å². The molecule has 2 saturated heterocycles. The lowest BCUT2D eigenvalue weighted by Gasteiger charge is -2.12. The summed E-state index contributed by atoms with van der Waals surface area (Å²) in [5.41, 5.74) is 0. The Morgan fingerprint density at radius 2 is 2.40 bits per heavy atom. The van der Waals surface area contributed by atoms with Gasteiger partial charge in [-0.25, -0.2) is 0 Å². The second kappa shape index (κ2) is 5.75. The van der Waals surface area contributed by atoms with Gasteiger partial charge in [0, 0.05) is 6.54 Å². The van der Waals surface area contributed by atoms with Gasteiger partial charge in [-0.05, 0) is 50.4 Å². The third kappa shape index (κ3) is 3.38. The zero-order valence-corrected chi connectivity index (χ0v) is 9.94. The fourth-order valence-electron chi connectivity index (χ4n) is 2.26. The van der Waals surface area contributed by atoms with Gasteiger partial charge in [-0.2, -0.15) is 0 Å². The van der Waals surface area contributed by atoms with E-state index in [2.05, 4.69) is 10.6 Å². The Bertz CT molecular complexity index is 211. The fraction of sp³-hybridized carbons (Fsp3) is 0.909. The quantitative estimate of drug-likeness (QED) is 0.754. The van der Waals surface area contributed by atoms with E-state index in [0.717, 1.165) is 44.1 Å². The zero-order valence-electron chi connectivity index (χ0n) is 9.13. The molecule has 2 aliphatic heterocycles. The first kappa shape index (κ1) is 11.3. The Balaban J connectivity index is 1.58. The summed E-state index contributed by atoms with van der Waals surface area (Å²) < 4.78 is 0. The minimum Gasteiger partial charge on any atom is -0.355 e. The predicted octanol–water partition coefficient (Wildman–Crippen LogP) is 0.998. The second-order valence-corrected chi connectivity index (χ2v) is 5.75. The van der Waals surface area contributed by atoms with E-state index in [9.17, 15) is 4.79 Å². The predicted molar refractivity (Wildman–Crippen MR) is 64.1 cm³/mol. The summed E-state index contributed by atoms with van der Waals surface area (Å²) in [5.74, 6) is 2.20. The van der Waals surface area contributed by atoms with E-state index >= 15 is 0 Å². The molecule has 2 heterocycles. The molecule has 4 heteroatoms. The van der Waals surface area contributed by atoms with Crippen molar-refractivity contribution < 1.29 is 4.79 Å². The lowest BCUT2D eigenvalue weighted by molar-refractivity contribution is -0.120. The lowest BCUT2D eigenvalue weighted by atomic mass is 10.1. The largest absolute Gasteiger partial charge is 0.355 e. The van der Waals surface area contributed by atoms with Gasteiger partial charge in [0.05, 0.1) is 5.25 Å². The Kier molecular flexibility index (Phi) is 4.32. The molecule has 2 unspecified atom stereocenters. The maximum atomic E-state index is 11.7. The summed E-state index contributed by atoms with van der Waals surface area (Å²) >= 11 is 1.81. The van der Waals surface area contributed by atoms with Crippen LogP contribution in [0, 0.1) is 5.92 Å². The van der Waals surface area contributed by atoms with E-state index in [0.29, 0.717) is 0 Å². The van der Waals surface area contributed by atoms with Gasteiger partial charge < -0.3 is 10.6 Å². The number of amides is 1. The van der Waals surface area contributed by atoms with Crippen LogP contribution in [0.15, 0.2) is 0 Å². The molecule has 86 valence electrons. The molecule has 2 rings (SSSR count). The molecule has 2 atom stereocenters. The first-order chi connectivity index (χ1) is 7.36. The molecule has 0 bridgehead atoms. The number of rotatable bonds is 4. The van der Waals surface area contributed by atoms with Crippen LogP contribution in [0.2, 0.25) is 0 Å². The standard InChI is InChI=1S/C11H20N2OS/c14-11(10-2-1-7-15-10)13-6-4-9-3-5-12-8-9/h9-10,12H,1-8H2,(H,13,14). The highest BCUT2D eigenvalue weighted by Crippen LogP contribution is 2.26. The monoisotopic (exact) mass is 228 g/mol. The molecule has 0 aromatic heterocycles. The van der Waals surface area contributed by atoms with Gasteiger partial charge in [0.1, 0.15) is 0 Å². The van der Waals surface area contributed by atoms with E-state index in [1.54, 1.807) is 0 Å². The van der Waals surface area contributed by atoms with Crippen molar-refractivity contribution in [3.05, 3.63) is 0 Å². The van der Waals surface area contributed by atoms with E-state index < -0.39 is 0 Å². The molecule has 0 aromatic rings. The zero-order chi connectivity index (χ0) is 10.5. The number of hydrogen-bond acceptors (Lipinski definition) is 3. The van der Waals surface area contributed by atoms with Crippen LogP contribution in [0.25, 0.3) is 0 Å². The average Bonchev–Trinajstić information content (AvgIpc) is 2.90. The van der Waals surface area contributed by atoms with Crippen molar-refractivity contribution in [1.29, 1.82) is 0 Å². The van der Waals surface area contributed by atoms with Crippen molar-refractivity contribution in [3.63, 3.8) is 0 Å². The lowest BCUT2D eigenvalue weighted by Crippen LogP contribution is -2.33. The molecule has 0 spiro atoms. The topological polar surface area (TPSA) is 41.1 Å². The number of nitrogens with one attached hydrogen (secondary N) is 2. The second-order valence-electron chi connectivity index (χ2n) is 4.44. The highest BCUT2D eigenvalue weighted by Gasteiger charge is 2.23. The van der Waals surface area contributed by atoms with Crippen molar-refractivity contribution in [2.24, 2.45) is 5.92 Å². The smallest absolute Gasteiger partial charge is 0.233 e. The molecular formula is C11H20N2OS. The number of carbonyl (C=O) groups is 1. The van der Waals surface area contributed by atoms with E-state index in [1.807, 2.05) is 11.8 Å². The highest BCUT2D eigenvalue weighted by atomic mass is 32.2. The first-order valence-corrected chi connectivity index (χ1v) is 7.01. The van der Waals surface area contributed by atoms with Crippen molar-refractivity contribution in [3.8, 4) is 0 Å². The van der Waals surface area contributed by atoms with Gasteiger partial charge in [0.25, 0.3) is 0 Å². The molecule has 2 aliphatic rings. The normalized spacial score (nSPS) is 30.7. The van der Waals surface area contributed by atoms with Gasteiger partial charge in [-0.3, -0.25) is 4.79 Å². The van der Waals surface area contributed by atoms with Crippen LogP contribution in [0.1, 0.15) is 25.7 Å². The van der Waals surface area contributed by atoms with Crippen LogP contribution in [0.3, 0.4) is 0 Å². The van der Waals surface area contributed by atoms with E-state index in [1.165, 1.54) is 12.8 Å². The number of carbonyl (C=O) groups excluding carboxylic acids is 1. The van der Waals surface area contributed by atoms with Gasteiger partial charge in [-0.15, -0.1) is 11.8 Å². The van der Waals surface area contributed by atoms with E-state index in [-0.39, 0.29) is 11.2 Å². The Labute approximate surface area is 95.8 Å². The SMILES string of the molecule is O=C(NCCC1CCNC1)C1CCCS1. The summed E-state index contributed by atoms with van der Waals surface area (Å²) in [5, 5.41) is 6.65. The average molecular weight is 228 g/mol. The molecule has 0 aliphatic carbocycles. The molecule has 0 aromatic carbocycles. The van der Waals surface area contributed by atoms with Crippen LogP contribution in [-0.2, 0) is 4.79 Å².